The Balaban J connectivity index is 1.12. The van der Waals surface area contributed by atoms with Crippen molar-refractivity contribution in [1.82, 2.24) is 66.6 Å². The molecule has 104 heavy (non-hydrogen) atoms. The molecular weight excluding hydrogens is 1360 g/mol. The van der Waals surface area contributed by atoms with Crippen LogP contribution in [0.1, 0.15) is 113 Å². The molecule has 10 unspecified atom stereocenters. The van der Waals surface area contributed by atoms with Crippen molar-refractivity contribution in [2.45, 2.75) is 153 Å². The number of Topliss-reactive ketones (excluding diaryl/α,β-unsaturated/α-hetero) is 3. The summed E-state index contributed by atoms with van der Waals surface area (Å²) < 4.78 is 14.9. The van der Waals surface area contributed by atoms with E-state index in [0.29, 0.717) is 59.3 Å². The number of ether oxygens (including phenoxy) is 1. The summed E-state index contributed by atoms with van der Waals surface area (Å²) in [4.78, 5) is 191. The summed E-state index contributed by atoms with van der Waals surface area (Å²) in [5.74, 6) is -12.5. The summed E-state index contributed by atoms with van der Waals surface area (Å²) in [5, 5.41) is 30.2. The fourth-order valence-corrected chi connectivity index (χ4v) is 13.0. The van der Waals surface area contributed by atoms with Crippen molar-refractivity contribution in [3.05, 3.63) is 138 Å². The van der Waals surface area contributed by atoms with Crippen molar-refractivity contribution in [2.24, 2.45) is 40.1 Å². The molecule has 2 aliphatic heterocycles. The van der Waals surface area contributed by atoms with Crippen LogP contribution in [0.3, 0.4) is 0 Å². The Morgan fingerprint density at radius 3 is 2.16 bits per heavy atom. The van der Waals surface area contributed by atoms with Crippen LogP contribution >= 0.6 is 9.18 Å². The maximum atomic E-state index is 15.5. The average Bonchev–Trinajstić information content (AvgIpc) is 1.76. The number of aliphatic imine (C=N–C) groups is 1. The number of phenolic OH excluding ortho intramolecular Hbond substituents is 1. The van der Waals surface area contributed by atoms with Crippen LogP contribution in [0.2, 0.25) is 0 Å². The zero-order valence-corrected chi connectivity index (χ0v) is 59.7. The maximum absolute atomic E-state index is 15.5. The molecule has 8 amide bonds. The predicted octanol–water partition coefficient (Wildman–Crippen LogP) is 1.82. The van der Waals surface area contributed by atoms with Gasteiger partial charge in [-0.05, 0) is 92.7 Å². The summed E-state index contributed by atoms with van der Waals surface area (Å²) in [6.07, 6.45) is 6.60. The Bertz CT molecular complexity index is 4020. The van der Waals surface area contributed by atoms with E-state index in [2.05, 4.69) is 62.1 Å². The van der Waals surface area contributed by atoms with Crippen molar-refractivity contribution in [2.75, 3.05) is 38.9 Å². The number of aromatic amines is 2. The molecule has 3 aromatic heterocycles. The normalized spacial score (nSPS) is 16.4. The summed E-state index contributed by atoms with van der Waals surface area (Å²) in [5.41, 5.74) is 14.7. The molecule has 30 nitrogen and oxygen atoms in total. The number of hydrogen-bond donors (Lipinski definition) is 12. The number of nitrogens with zero attached hydrogens (tertiary/aromatic N) is 5. The molecule has 0 radical (unpaired) electrons. The van der Waals surface area contributed by atoms with E-state index >= 15 is 19.2 Å². The number of imidazole rings is 2. The number of nitrogens with two attached hydrogens (primary N) is 2. The quantitative estimate of drug-likeness (QED) is 0.00855. The molecule has 2 saturated heterocycles. The van der Waals surface area contributed by atoms with Crippen LogP contribution in [0.4, 0.5) is 0 Å². The number of rotatable bonds is 42. The molecule has 2 aliphatic rings. The van der Waals surface area contributed by atoms with Gasteiger partial charge in [-0.15, -0.1) is 9.18 Å². The Labute approximate surface area is 605 Å². The fourth-order valence-electron chi connectivity index (χ4n) is 12.9. The van der Waals surface area contributed by atoms with Gasteiger partial charge < -0.3 is 78.0 Å². The molecule has 0 spiro atoms. The van der Waals surface area contributed by atoms with Gasteiger partial charge in [0.25, 0.3) is 0 Å². The van der Waals surface area contributed by atoms with Crippen molar-refractivity contribution < 1.29 is 67.4 Å². The smallest absolute Gasteiger partial charge is 0.325 e. The summed E-state index contributed by atoms with van der Waals surface area (Å²) in [7, 11) is -0.518. The van der Waals surface area contributed by atoms with E-state index in [-0.39, 0.29) is 106 Å². The molecule has 6 aromatic rings. The molecule has 10 atom stereocenters. The third-order valence-corrected chi connectivity index (χ3v) is 18.6. The highest BCUT2D eigenvalue weighted by atomic mass is 31.0. The number of fused-ring (bicyclic) bond motifs is 1. The van der Waals surface area contributed by atoms with Gasteiger partial charge in [-0.3, -0.25) is 62.5 Å². The molecule has 0 aliphatic carbocycles. The van der Waals surface area contributed by atoms with Crippen LogP contribution in [0.5, 0.6) is 5.75 Å². The number of aromatic hydroxyl groups is 1. The van der Waals surface area contributed by atoms with Crippen LogP contribution in [0.15, 0.2) is 115 Å². The highest BCUT2D eigenvalue weighted by molar-refractivity contribution is 7.18. The molecule has 31 heteroatoms. The lowest BCUT2D eigenvalue weighted by molar-refractivity contribution is -0.148. The second-order valence-corrected chi connectivity index (χ2v) is 27.1. The molecule has 556 valence electrons. The molecule has 8 rings (SSSR count). The van der Waals surface area contributed by atoms with Crippen molar-refractivity contribution in [3.63, 3.8) is 0 Å². The number of para-hydroxylation sites is 1. The van der Waals surface area contributed by atoms with Gasteiger partial charge in [0.2, 0.25) is 47.3 Å². The van der Waals surface area contributed by atoms with Crippen molar-refractivity contribution >= 4 is 96.6 Å². The van der Waals surface area contributed by atoms with Gasteiger partial charge in [0.15, 0.2) is 17.5 Å². The lowest BCUT2D eigenvalue weighted by atomic mass is 9.85. The first-order chi connectivity index (χ1) is 50.4. The van der Waals surface area contributed by atoms with Gasteiger partial charge in [0.05, 0.1) is 37.6 Å². The van der Waals surface area contributed by atoms with E-state index in [1.54, 1.807) is 48.4 Å². The largest absolute Gasteiger partial charge is 0.508 e. The van der Waals surface area contributed by atoms with Crippen LogP contribution in [0, 0.1) is 23.7 Å². The summed E-state index contributed by atoms with van der Waals surface area (Å²) in [6.45, 7) is 5.13. The van der Waals surface area contributed by atoms with Gasteiger partial charge in [-0.2, -0.15) is 0 Å². The molecule has 5 heterocycles. The van der Waals surface area contributed by atoms with Crippen LogP contribution in [0.25, 0.3) is 10.9 Å². The van der Waals surface area contributed by atoms with Gasteiger partial charge in [0.1, 0.15) is 48.9 Å². The average molecular weight is 1450 g/mol. The number of amides is 8. The van der Waals surface area contributed by atoms with Gasteiger partial charge in [0, 0.05) is 124 Å². The fraction of sp³-hybridized carbons (Fsp3) is 0.466. The highest BCUT2D eigenvalue weighted by Gasteiger charge is 2.41. The Morgan fingerprint density at radius 1 is 0.760 bits per heavy atom. The Hall–Kier alpha value is -10.6. The van der Waals surface area contributed by atoms with E-state index in [1.165, 1.54) is 41.7 Å². The van der Waals surface area contributed by atoms with E-state index < -0.39 is 154 Å². The number of phenols is 1. The second kappa shape index (κ2) is 39.1. The van der Waals surface area contributed by atoms with Gasteiger partial charge in [-0.25, -0.2) is 9.97 Å². The number of guanidine groups is 1. The van der Waals surface area contributed by atoms with Gasteiger partial charge >= 0.3 is 5.97 Å². The molecule has 14 N–H and O–H groups in total. The van der Waals surface area contributed by atoms with Crippen LogP contribution < -0.4 is 48.7 Å². The van der Waals surface area contributed by atoms with Crippen LogP contribution in [-0.2, 0) is 94.5 Å². The number of carbonyl (C=O) groups is 12. The monoisotopic (exact) mass is 1450 g/mol. The lowest BCUT2D eigenvalue weighted by Crippen LogP contribution is -2.55. The van der Waals surface area contributed by atoms with Crippen molar-refractivity contribution in [3.8, 4) is 5.75 Å². The minimum atomic E-state index is -1.57. The SMILES string of the molecule is [2H]PCC(=O)NCC(=O)OCC(CC(=O)C(Cc1c[nH]c2ccccc12)NC(=O)C(Cc1cnc[nH]1)NC(=O)C1CCC(=O)N1)C(=O)CC(Cc1ccc(O)cc1)C(=O)NC(Cc1cn(Cc2ccccc2)cn1)C(=O)CC(CC(C)C)C(=O)NC(CCCN=C(N)N)C(=O)N1CCCC1C(=O)NCC. The van der Waals surface area contributed by atoms with Crippen LogP contribution in [-0.4, -0.2) is 188 Å². The predicted molar refractivity (Wildman–Crippen MR) is 387 cm³/mol. The minimum Gasteiger partial charge on any atom is -0.508 e. The lowest BCUT2D eigenvalue weighted by Gasteiger charge is -2.30. The number of benzene rings is 3. The number of hydrogen-bond acceptors (Lipinski definition) is 17. The van der Waals surface area contributed by atoms with E-state index in [1.807, 2.05) is 50.2 Å². The molecule has 3 aromatic carbocycles. The number of H-pyrrole nitrogens is 2. The zero-order chi connectivity index (χ0) is 75.5. The number of carbonyl (C=O) groups excluding carboxylic acids is 12. The number of esters is 1. The summed E-state index contributed by atoms with van der Waals surface area (Å²) in [6, 6.07) is 15.4. The zero-order valence-electron chi connectivity index (χ0n) is 59.7. The first kappa shape index (κ1) is 77.5. The van der Waals surface area contributed by atoms with Gasteiger partial charge in [-0.1, -0.05) is 74.5 Å². The first-order valence-electron chi connectivity index (χ1n) is 35.6. The molecule has 0 bridgehead atoms. The second-order valence-electron chi connectivity index (χ2n) is 26.7. The number of likely N-dealkylation sites (tertiary alicyclic amines) is 1. The number of ketones is 3. The number of aromatic nitrogens is 5. The maximum Gasteiger partial charge on any atom is 0.325 e. The third kappa shape index (κ3) is 24.0. The Kier molecular flexibility index (Phi) is 29.2. The highest BCUT2D eigenvalue weighted by Crippen LogP contribution is 2.27. The molecular formula is C73H95N16O14P. The standard InChI is InChI=1S/C73H95N16O14P/c1-4-77-71(101)60-17-11-25-89(60)72(102)56(16-10-24-78-73(74)75)84-67(97)46(26-43(2)3)30-62(92)58(33-51-38-88(42-82-51)37-45-12-6-5-7-13-45)85-68(98)47(27-44-18-20-52(90)21-19-44)29-61(91)49(39-103-66(96)36-80-65(95)40-104)31-63(93)57(28-48-34-79-54-15-9-8-14-53(48)54)86-70(100)59(32-50-35-76-41-81-50)87-69(99)55-22-23-64(94)83-55/h5-9,12-15,18-21,34-35,38,41-43,46-47,49,55-60,79,90H,4,10-11,16-17,22-33,36-37,39-40,104H2,1-3H3,(H,76,81)(H,77,101)(H,80,95)(H,83,94)(H,84,97)(H,85,98)(H,86,100)(H,87,99)(H4,74,75,78)/i104D. The molecule has 0 saturated carbocycles. The number of likely N-dealkylation sites (N-methyl/N-ethyl adjacent to an activating group) is 1. The van der Waals surface area contributed by atoms with E-state index in [4.69, 9.17) is 17.5 Å². The minimum absolute atomic E-state index is 0.0673. The van der Waals surface area contributed by atoms with E-state index in [9.17, 15) is 43.5 Å². The number of nitrogens with one attached hydrogen (secondary N) is 9. The first-order valence-corrected chi connectivity index (χ1v) is 35.8. The van der Waals surface area contributed by atoms with Crippen molar-refractivity contribution in [1.29, 1.82) is 1.28 Å². The third-order valence-electron chi connectivity index (χ3n) is 18.2. The summed E-state index contributed by atoms with van der Waals surface area (Å²) >= 11 is 0. The topological polar surface area (TPSA) is 448 Å². The van der Waals surface area contributed by atoms with E-state index in [0.717, 1.165) is 5.56 Å². The Morgan fingerprint density at radius 2 is 1.46 bits per heavy atom. The molecule has 2 fully saturated rings.